The Hall–Kier alpha value is -0.476. The SMILES string of the molecule is C=C(C)C(=O)OC.[O]=[Ti]=[O]. The summed E-state index contributed by atoms with van der Waals surface area (Å²) in [6, 6.07) is 0. The fourth-order valence-corrected chi connectivity index (χ4v) is 0.174. The number of hydrogen-bond acceptors (Lipinski definition) is 4. The summed E-state index contributed by atoms with van der Waals surface area (Å²) in [6.07, 6.45) is 0. The minimum absolute atomic E-state index is 0.347. The predicted octanol–water partition coefficient (Wildman–Crippen LogP) is 0.495. The average molecular weight is 180 g/mol. The molecule has 0 unspecified atom stereocenters. The van der Waals surface area contributed by atoms with Crippen LogP contribution in [0.2, 0.25) is 0 Å². The van der Waals surface area contributed by atoms with Crippen LogP contribution in [0.25, 0.3) is 0 Å². The Kier molecular flexibility index (Phi) is 10.4. The van der Waals surface area contributed by atoms with E-state index in [4.69, 9.17) is 6.65 Å². The fraction of sp³-hybridized carbons (Fsp3) is 0.400. The molecular weight excluding hydrogens is 172 g/mol. The maximum atomic E-state index is 10.2. The summed E-state index contributed by atoms with van der Waals surface area (Å²) in [4.78, 5) is 10.2. The van der Waals surface area contributed by atoms with Crippen LogP contribution in [0.3, 0.4) is 0 Å². The zero-order valence-electron chi connectivity index (χ0n) is 5.84. The van der Waals surface area contributed by atoms with Crippen molar-refractivity contribution in [3.05, 3.63) is 12.2 Å². The molecule has 0 aromatic rings. The zero-order chi connectivity index (χ0) is 8.57. The van der Waals surface area contributed by atoms with Crippen LogP contribution in [0.5, 0.6) is 0 Å². The molecule has 0 amide bonds. The third kappa shape index (κ3) is 10.5. The zero-order valence-corrected chi connectivity index (χ0v) is 7.40. The summed E-state index contributed by atoms with van der Waals surface area (Å²) in [6.45, 7) is 4.95. The summed E-state index contributed by atoms with van der Waals surface area (Å²) < 4.78 is 21.3. The maximum absolute atomic E-state index is 10.2. The van der Waals surface area contributed by atoms with Gasteiger partial charge >= 0.3 is 31.7 Å². The van der Waals surface area contributed by atoms with E-state index >= 15 is 0 Å². The Bertz CT molecular complexity index is 157. The molecule has 0 bridgehead atoms. The van der Waals surface area contributed by atoms with E-state index in [0.717, 1.165) is 0 Å². The summed E-state index contributed by atoms with van der Waals surface area (Å²) in [5.74, 6) is -0.347. The summed E-state index contributed by atoms with van der Waals surface area (Å²) in [5.41, 5.74) is 0.433. The quantitative estimate of drug-likeness (QED) is 0.334. The van der Waals surface area contributed by atoms with Crippen molar-refractivity contribution >= 4 is 5.97 Å². The minimum atomic E-state index is -2.00. The monoisotopic (exact) mass is 180 g/mol. The normalized spacial score (nSPS) is 6.20. The van der Waals surface area contributed by atoms with Gasteiger partial charge in [0.25, 0.3) is 0 Å². The van der Waals surface area contributed by atoms with Crippen molar-refractivity contribution in [2.24, 2.45) is 0 Å². The Morgan fingerprint density at radius 1 is 1.50 bits per heavy atom. The molecule has 0 N–H and O–H groups in total. The topological polar surface area (TPSA) is 60.4 Å². The van der Waals surface area contributed by atoms with Gasteiger partial charge in [0.15, 0.2) is 0 Å². The van der Waals surface area contributed by atoms with Crippen molar-refractivity contribution in [1.82, 2.24) is 0 Å². The molecule has 0 saturated carbocycles. The van der Waals surface area contributed by atoms with Gasteiger partial charge in [0.05, 0.1) is 7.11 Å². The van der Waals surface area contributed by atoms with E-state index < -0.39 is 19.1 Å². The Morgan fingerprint density at radius 2 is 1.80 bits per heavy atom. The van der Waals surface area contributed by atoms with E-state index in [-0.39, 0.29) is 5.97 Å². The van der Waals surface area contributed by atoms with E-state index in [1.165, 1.54) is 7.11 Å². The number of hydrogen-bond donors (Lipinski definition) is 0. The second-order valence-electron chi connectivity index (χ2n) is 1.36. The third-order valence-electron chi connectivity index (χ3n) is 0.534. The van der Waals surface area contributed by atoms with Gasteiger partial charge < -0.3 is 4.74 Å². The number of rotatable bonds is 1. The van der Waals surface area contributed by atoms with Crippen LogP contribution >= 0.6 is 0 Å². The van der Waals surface area contributed by atoms with Gasteiger partial charge in [0.2, 0.25) is 0 Å². The number of carbonyl (C=O) groups excluding carboxylic acids is 1. The molecule has 0 aromatic carbocycles. The van der Waals surface area contributed by atoms with Crippen LogP contribution in [0.4, 0.5) is 0 Å². The van der Waals surface area contributed by atoms with Crippen LogP contribution in [0.1, 0.15) is 6.92 Å². The van der Waals surface area contributed by atoms with Gasteiger partial charge in [0, 0.05) is 5.57 Å². The first-order chi connectivity index (χ1) is 4.59. The van der Waals surface area contributed by atoms with Crippen molar-refractivity contribution < 1.29 is 35.3 Å². The van der Waals surface area contributed by atoms with Crippen LogP contribution in [-0.2, 0) is 35.3 Å². The van der Waals surface area contributed by atoms with E-state index in [0.29, 0.717) is 5.57 Å². The van der Waals surface area contributed by atoms with E-state index in [9.17, 15) is 4.79 Å². The molecule has 0 fully saturated rings. The molecule has 0 atom stereocenters. The molecule has 0 radical (unpaired) electrons. The van der Waals surface area contributed by atoms with Crippen molar-refractivity contribution in [2.75, 3.05) is 7.11 Å². The number of carbonyl (C=O) groups is 1. The molecule has 0 aromatic heterocycles. The Labute approximate surface area is 67.8 Å². The second-order valence-corrected chi connectivity index (χ2v) is 1.62. The molecule has 0 rings (SSSR count). The van der Waals surface area contributed by atoms with Crippen LogP contribution in [0, 0.1) is 0 Å². The summed E-state index contributed by atoms with van der Waals surface area (Å²) in [5, 5.41) is 0. The molecule has 56 valence electrons. The van der Waals surface area contributed by atoms with E-state index in [1.54, 1.807) is 6.92 Å². The first-order valence-corrected chi connectivity index (χ1v) is 3.60. The molecule has 10 heavy (non-hydrogen) atoms. The number of esters is 1. The van der Waals surface area contributed by atoms with Gasteiger partial charge in [-0.3, -0.25) is 0 Å². The Morgan fingerprint density at radius 3 is 1.80 bits per heavy atom. The molecule has 0 aliphatic heterocycles. The van der Waals surface area contributed by atoms with Crippen molar-refractivity contribution in [3.63, 3.8) is 0 Å². The van der Waals surface area contributed by atoms with E-state index in [1.807, 2.05) is 0 Å². The molecule has 0 aliphatic rings. The molecule has 0 saturated heterocycles. The van der Waals surface area contributed by atoms with Gasteiger partial charge in [-0.15, -0.1) is 0 Å². The first-order valence-electron chi connectivity index (χ1n) is 2.33. The van der Waals surface area contributed by atoms with Gasteiger partial charge in [-0.25, -0.2) is 4.79 Å². The predicted molar refractivity (Wildman–Crippen MR) is 28.2 cm³/mol. The standard InChI is InChI=1S/C5H8O2.2O.Ti/c1-4(2)5(6)7-3;;;/h1H2,2-3H3;;;. The van der Waals surface area contributed by atoms with E-state index in [2.05, 4.69) is 11.3 Å². The van der Waals surface area contributed by atoms with Gasteiger partial charge in [-0.1, -0.05) is 6.58 Å². The molecule has 5 heteroatoms. The third-order valence-corrected chi connectivity index (χ3v) is 0.534. The molecule has 0 aliphatic carbocycles. The summed E-state index contributed by atoms with van der Waals surface area (Å²) >= 11 is -2.00. The molecule has 4 nitrogen and oxygen atoms in total. The average Bonchev–Trinajstić information content (AvgIpc) is 1.88. The number of ether oxygens (including phenoxy) is 1. The second kappa shape index (κ2) is 8.52. The Balaban J connectivity index is 0. The van der Waals surface area contributed by atoms with Crippen molar-refractivity contribution in [3.8, 4) is 0 Å². The van der Waals surface area contributed by atoms with Gasteiger partial charge in [-0.05, 0) is 6.92 Å². The van der Waals surface area contributed by atoms with Crippen LogP contribution < -0.4 is 0 Å². The number of methoxy groups -OCH3 is 1. The van der Waals surface area contributed by atoms with Gasteiger partial charge in [0.1, 0.15) is 0 Å². The van der Waals surface area contributed by atoms with Crippen LogP contribution in [0.15, 0.2) is 12.2 Å². The van der Waals surface area contributed by atoms with Crippen molar-refractivity contribution in [1.29, 1.82) is 0 Å². The fourth-order valence-electron chi connectivity index (χ4n) is 0.174. The summed E-state index contributed by atoms with van der Waals surface area (Å²) in [7, 11) is 1.33. The first kappa shape index (κ1) is 12.2. The van der Waals surface area contributed by atoms with Crippen molar-refractivity contribution in [2.45, 2.75) is 6.92 Å². The van der Waals surface area contributed by atoms with Gasteiger partial charge in [-0.2, -0.15) is 0 Å². The molecule has 0 heterocycles. The molecule has 0 spiro atoms. The molecular formula is C5H8O4Ti. The van der Waals surface area contributed by atoms with Crippen LogP contribution in [-0.4, -0.2) is 13.1 Å².